The number of benzene rings is 1. The van der Waals surface area contributed by atoms with Crippen LogP contribution in [0.5, 0.6) is 0 Å². The Hall–Kier alpha value is -0.430. The maximum Gasteiger partial charge on any atom is 0.104 e. The second-order valence-corrected chi connectivity index (χ2v) is 12.9. The Morgan fingerprint density at radius 1 is 0.667 bits per heavy atom. The molecule has 0 saturated heterocycles. The smallest absolute Gasteiger partial charge is 0.104 e. The van der Waals surface area contributed by atoms with Crippen LogP contribution in [-0.4, -0.2) is 45.8 Å². The minimum atomic E-state index is -3.26. The third kappa shape index (κ3) is 21.6. The number of quaternary nitrogens is 1. The van der Waals surface area contributed by atoms with Crippen molar-refractivity contribution in [2.45, 2.75) is 123 Å². The molecule has 212 valence electrons. The Morgan fingerprint density at radius 3 is 1.58 bits per heavy atom. The van der Waals surface area contributed by atoms with Crippen molar-refractivity contribution in [3.8, 4) is 0 Å². The summed E-state index contributed by atoms with van der Waals surface area (Å²) in [6.45, 7) is 4.57. The summed E-state index contributed by atoms with van der Waals surface area (Å²) in [5, 5.41) is 0. The van der Waals surface area contributed by atoms with E-state index in [4.69, 9.17) is 0 Å². The quantitative estimate of drug-likeness (QED) is 0.0892. The maximum absolute atomic E-state index is 12.2. The van der Waals surface area contributed by atoms with Crippen LogP contribution in [0.3, 0.4) is 0 Å². The molecule has 0 aliphatic rings. The van der Waals surface area contributed by atoms with Gasteiger partial charge < -0.3 is 9.21 Å². The lowest BCUT2D eigenvalue weighted by molar-refractivity contribution is -0.903. The van der Waals surface area contributed by atoms with Gasteiger partial charge in [-0.1, -0.05) is 134 Å². The summed E-state index contributed by atoms with van der Waals surface area (Å²) in [6, 6.07) is 10.5. The van der Waals surface area contributed by atoms with E-state index in [0.717, 1.165) is 43.3 Å². The zero-order valence-electron chi connectivity index (χ0n) is 23.8. The fourth-order valence-corrected chi connectivity index (χ4v) is 5.86. The molecule has 0 spiro atoms. The Kier molecular flexibility index (Phi) is 22.3. The van der Waals surface area contributed by atoms with Crippen LogP contribution in [0.15, 0.2) is 30.3 Å². The lowest BCUT2D eigenvalue weighted by Gasteiger charge is -2.31. The summed E-state index contributed by atoms with van der Waals surface area (Å²) in [6.07, 6.45) is 21.6. The van der Waals surface area contributed by atoms with Crippen LogP contribution in [0.2, 0.25) is 0 Å². The third-order valence-electron chi connectivity index (χ3n) is 6.92. The number of sulfonamides is 1. The average molecular weight is 590 g/mol. The topological polar surface area (TPSA) is 48.2 Å². The van der Waals surface area contributed by atoms with Crippen molar-refractivity contribution in [1.82, 2.24) is 0 Å². The maximum atomic E-state index is 12.2. The van der Waals surface area contributed by atoms with Gasteiger partial charge in [-0.3, -0.25) is 0 Å². The average Bonchev–Trinajstić information content (AvgIpc) is 2.82. The van der Waals surface area contributed by atoms with E-state index >= 15 is 0 Å². The molecule has 1 rings (SSSR count). The molecule has 0 atom stereocenters. The summed E-state index contributed by atoms with van der Waals surface area (Å²) in [7, 11) is 1.13. The van der Waals surface area contributed by atoms with Gasteiger partial charge in [-0.25, -0.2) is 8.42 Å². The second kappa shape index (κ2) is 22.5. The Labute approximate surface area is 235 Å². The highest BCUT2D eigenvalue weighted by molar-refractivity contribution is 8.93. The van der Waals surface area contributed by atoms with Crippen LogP contribution in [0, 0.1) is 0 Å². The predicted molar refractivity (Wildman–Crippen MR) is 164 cm³/mol. The van der Waals surface area contributed by atoms with E-state index in [1.807, 2.05) is 6.07 Å². The van der Waals surface area contributed by atoms with E-state index in [1.165, 1.54) is 89.0 Å². The number of hydrogen-bond donors (Lipinski definition) is 0. The first-order valence-corrected chi connectivity index (χ1v) is 16.2. The minimum absolute atomic E-state index is 0. The molecule has 36 heavy (non-hydrogen) atoms. The Morgan fingerprint density at radius 2 is 1.11 bits per heavy atom. The fraction of sp³-hybridized carbons (Fsp3) is 0.800. The van der Waals surface area contributed by atoms with E-state index in [-0.39, 0.29) is 22.7 Å². The minimum Gasteiger partial charge on any atom is -0.549 e. The van der Waals surface area contributed by atoms with Gasteiger partial charge >= 0.3 is 0 Å². The number of rotatable bonds is 24. The summed E-state index contributed by atoms with van der Waals surface area (Å²) in [5.41, 5.74) is 1.31. The van der Waals surface area contributed by atoms with Crippen molar-refractivity contribution in [2.75, 3.05) is 32.9 Å². The molecule has 0 saturated carbocycles. The van der Waals surface area contributed by atoms with Crippen molar-refractivity contribution in [2.24, 2.45) is 0 Å². The van der Waals surface area contributed by atoms with Crippen molar-refractivity contribution < 1.29 is 12.9 Å². The van der Waals surface area contributed by atoms with E-state index in [9.17, 15) is 8.42 Å². The Bertz CT molecular complexity index is 711. The first-order valence-electron chi connectivity index (χ1n) is 14.6. The molecule has 0 heterocycles. The lowest BCUT2D eigenvalue weighted by atomic mass is 10.0. The van der Waals surface area contributed by atoms with Gasteiger partial charge in [0.05, 0.1) is 30.7 Å². The zero-order chi connectivity index (χ0) is 25.7. The number of hydrogen-bond acceptors (Lipinski definition) is 2. The van der Waals surface area contributed by atoms with Crippen molar-refractivity contribution in [3.05, 3.63) is 40.6 Å². The zero-order valence-corrected chi connectivity index (χ0v) is 26.3. The normalized spacial score (nSPS) is 12.0. The number of halogens is 1. The van der Waals surface area contributed by atoms with Crippen LogP contribution in [0.4, 0.5) is 0 Å². The van der Waals surface area contributed by atoms with Gasteiger partial charge in [0.15, 0.2) is 0 Å². The third-order valence-corrected chi connectivity index (χ3v) is 8.30. The van der Waals surface area contributed by atoms with Crippen LogP contribution in [-0.2, 0) is 16.6 Å². The number of nitrogens with zero attached hydrogens (tertiary/aromatic N) is 2. The molecule has 0 bridgehead atoms. The van der Waals surface area contributed by atoms with Crippen molar-refractivity contribution >= 4 is 27.0 Å². The van der Waals surface area contributed by atoms with E-state index in [0.29, 0.717) is 6.54 Å². The fourth-order valence-electron chi connectivity index (χ4n) is 4.76. The summed E-state index contributed by atoms with van der Waals surface area (Å²) < 4.78 is 29.3. The highest BCUT2D eigenvalue weighted by Crippen LogP contribution is 2.15. The molecule has 4 nitrogen and oxygen atoms in total. The summed E-state index contributed by atoms with van der Waals surface area (Å²) in [5.74, 6) is 0.216. The molecule has 1 aromatic carbocycles. The van der Waals surface area contributed by atoms with Gasteiger partial charge in [0, 0.05) is 11.3 Å². The van der Waals surface area contributed by atoms with Gasteiger partial charge in [-0.2, -0.15) is 0 Å². The largest absolute Gasteiger partial charge is 0.549 e. The standard InChI is InChI=1S/C30H56N2O2S.BrH/c1-4-5-6-7-8-9-10-11-12-13-14-15-16-17-18-22-28-35(33,34)31-26-23-27-32(2,3)29-30-24-20-19-21-25-30;/h19-21,24-25H,4-18,22-23,26-29H2,1-3H3;1H. The SMILES string of the molecule is Br.CCCCCCCCCCCCCCCCCCS(=O)(=O)[N-]CCC[N+](C)(C)Cc1ccccc1. The van der Waals surface area contributed by atoms with E-state index < -0.39 is 10.0 Å². The van der Waals surface area contributed by atoms with Crippen LogP contribution in [0.25, 0.3) is 4.72 Å². The lowest BCUT2D eigenvalue weighted by Crippen LogP contribution is -2.39. The molecule has 0 fully saturated rings. The molecule has 6 heteroatoms. The molecular weight excluding hydrogens is 532 g/mol. The van der Waals surface area contributed by atoms with E-state index in [2.05, 4.69) is 50.0 Å². The molecule has 0 aliphatic heterocycles. The van der Waals surface area contributed by atoms with Crippen molar-refractivity contribution in [1.29, 1.82) is 0 Å². The van der Waals surface area contributed by atoms with Crippen LogP contribution < -0.4 is 0 Å². The van der Waals surface area contributed by atoms with Gasteiger partial charge in [0.2, 0.25) is 0 Å². The van der Waals surface area contributed by atoms with Crippen LogP contribution in [0.1, 0.15) is 122 Å². The van der Waals surface area contributed by atoms with Gasteiger partial charge in [0.1, 0.15) is 6.54 Å². The molecule has 1 aromatic rings. The van der Waals surface area contributed by atoms with Gasteiger partial charge in [-0.05, 0) is 12.8 Å². The van der Waals surface area contributed by atoms with Gasteiger partial charge in [0.25, 0.3) is 0 Å². The second-order valence-electron chi connectivity index (χ2n) is 11.1. The first kappa shape index (κ1) is 35.6. The highest BCUT2D eigenvalue weighted by Gasteiger charge is 2.14. The van der Waals surface area contributed by atoms with Crippen molar-refractivity contribution in [3.63, 3.8) is 0 Å². The Balaban J connectivity index is 0.0000122. The molecule has 0 aliphatic carbocycles. The molecule has 0 aromatic heterocycles. The molecule has 0 N–H and O–H groups in total. The van der Waals surface area contributed by atoms with E-state index in [1.54, 1.807) is 0 Å². The predicted octanol–water partition coefficient (Wildman–Crippen LogP) is 9.20. The van der Waals surface area contributed by atoms with Gasteiger partial charge in [-0.15, -0.1) is 23.5 Å². The molecular formula is C30H57BrN2O2S. The highest BCUT2D eigenvalue weighted by atomic mass is 79.9. The monoisotopic (exact) mass is 588 g/mol. The summed E-state index contributed by atoms with van der Waals surface area (Å²) >= 11 is 0. The molecule has 0 amide bonds. The van der Waals surface area contributed by atoms with Crippen LogP contribution >= 0.6 is 17.0 Å². The summed E-state index contributed by atoms with van der Waals surface area (Å²) in [4.78, 5) is 0. The molecule has 0 radical (unpaired) electrons. The first-order chi connectivity index (χ1) is 16.8. The number of unbranched alkanes of at least 4 members (excludes halogenated alkanes) is 15. The molecule has 0 unspecified atom stereocenters.